The van der Waals surface area contributed by atoms with Crippen LogP contribution in [0.4, 0.5) is 5.69 Å². The first-order valence-electron chi connectivity index (χ1n) is 5.65. The monoisotopic (exact) mass is 269 g/mol. The third kappa shape index (κ3) is 3.86. The lowest BCUT2D eigenvalue weighted by Gasteiger charge is -2.13. The van der Waals surface area contributed by atoms with Gasteiger partial charge in [0.15, 0.2) is 0 Å². The summed E-state index contributed by atoms with van der Waals surface area (Å²) in [5.74, 6) is 0. The topological polar surface area (TPSA) is 12.0 Å². The van der Waals surface area contributed by atoms with E-state index in [0.29, 0.717) is 0 Å². The van der Waals surface area contributed by atoms with Crippen LogP contribution in [0.3, 0.4) is 0 Å². The van der Waals surface area contributed by atoms with Crippen molar-refractivity contribution < 1.29 is 0 Å². The highest BCUT2D eigenvalue weighted by molar-refractivity contribution is 9.10. The lowest BCUT2D eigenvalue weighted by Crippen LogP contribution is -2.04. The number of hydrogen-bond donors (Lipinski definition) is 1. The average molecular weight is 270 g/mol. The van der Waals surface area contributed by atoms with Crippen LogP contribution in [0.15, 0.2) is 16.6 Å². The fourth-order valence-corrected chi connectivity index (χ4v) is 2.46. The Hall–Kier alpha value is -0.500. The van der Waals surface area contributed by atoms with Gasteiger partial charge in [0.25, 0.3) is 0 Å². The molecule has 0 spiro atoms. The largest absolute Gasteiger partial charge is 0.385 e. The van der Waals surface area contributed by atoms with Crippen molar-refractivity contribution in [3.63, 3.8) is 0 Å². The van der Waals surface area contributed by atoms with E-state index in [4.69, 9.17) is 0 Å². The average Bonchev–Trinajstić information content (AvgIpc) is 2.15. The highest BCUT2D eigenvalue weighted by Gasteiger charge is 2.02. The van der Waals surface area contributed by atoms with E-state index in [0.717, 1.165) is 11.0 Å². The summed E-state index contributed by atoms with van der Waals surface area (Å²) in [6.45, 7) is 7.62. The number of hydrogen-bond acceptors (Lipinski definition) is 1. The van der Waals surface area contributed by atoms with E-state index in [1.165, 1.54) is 36.1 Å². The molecule has 0 bridgehead atoms. The van der Waals surface area contributed by atoms with Crippen LogP contribution in [0.1, 0.15) is 37.3 Å². The van der Waals surface area contributed by atoms with Gasteiger partial charge < -0.3 is 5.32 Å². The molecule has 0 aliphatic rings. The number of rotatable bonds is 5. The smallest absolute Gasteiger partial charge is 0.0400 e. The zero-order valence-electron chi connectivity index (χ0n) is 9.86. The Labute approximate surface area is 101 Å². The molecular formula is C13H20BrN. The summed E-state index contributed by atoms with van der Waals surface area (Å²) in [5, 5.41) is 3.52. The predicted molar refractivity (Wildman–Crippen MR) is 71.6 cm³/mol. The van der Waals surface area contributed by atoms with Gasteiger partial charge in [-0.25, -0.2) is 0 Å². The van der Waals surface area contributed by atoms with Gasteiger partial charge in [-0.1, -0.05) is 35.7 Å². The Morgan fingerprint density at radius 2 is 1.73 bits per heavy atom. The molecule has 0 aromatic heterocycles. The van der Waals surface area contributed by atoms with Crippen molar-refractivity contribution in [2.24, 2.45) is 0 Å². The summed E-state index contributed by atoms with van der Waals surface area (Å²) in [6, 6.07) is 4.32. The predicted octanol–water partition coefficient (Wildman–Crippen LogP) is 4.67. The summed E-state index contributed by atoms with van der Waals surface area (Å²) in [5.41, 5.74) is 3.94. The molecule has 1 nitrogen and oxygen atoms in total. The molecule has 1 aromatic rings. The number of unbranched alkanes of at least 4 members (excludes halogenated alkanes) is 2. The highest BCUT2D eigenvalue weighted by atomic mass is 79.9. The molecule has 0 radical (unpaired) electrons. The van der Waals surface area contributed by atoms with Crippen LogP contribution in [0.5, 0.6) is 0 Å². The minimum absolute atomic E-state index is 1.08. The van der Waals surface area contributed by atoms with Crippen LogP contribution in [0.25, 0.3) is 0 Å². The molecule has 0 amide bonds. The second-order valence-corrected chi connectivity index (χ2v) is 4.96. The zero-order chi connectivity index (χ0) is 11.3. The van der Waals surface area contributed by atoms with E-state index in [1.807, 2.05) is 0 Å². The van der Waals surface area contributed by atoms with Gasteiger partial charge in [0, 0.05) is 16.7 Å². The molecule has 1 aromatic carbocycles. The standard InChI is InChI=1S/C13H20BrN/c1-4-5-6-7-15-13-10(2)8-12(14)9-11(13)3/h8-9,15H,4-7H2,1-3H3. The molecule has 1 rings (SSSR count). The van der Waals surface area contributed by atoms with Crippen molar-refractivity contribution in [2.45, 2.75) is 40.0 Å². The SMILES string of the molecule is CCCCCNc1c(C)cc(Br)cc1C. The highest BCUT2D eigenvalue weighted by Crippen LogP contribution is 2.24. The number of anilines is 1. The van der Waals surface area contributed by atoms with Gasteiger partial charge >= 0.3 is 0 Å². The number of benzene rings is 1. The molecule has 0 heterocycles. The number of nitrogens with one attached hydrogen (secondary N) is 1. The van der Waals surface area contributed by atoms with Crippen molar-refractivity contribution in [3.05, 3.63) is 27.7 Å². The van der Waals surface area contributed by atoms with Crippen molar-refractivity contribution in [1.82, 2.24) is 0 Å². The van der Waals surface area contributed by atoms with Crippen LogP contribution in [0, 0.1) is 13.8 Å². The molecule has 15 heavy (non-hydrogen) atoms. The molecular weight excluding hydrogens is 250 g/mol. The Balaban J connectivity index is 2.60. The Kier molecular flexibility index (Phi) is 5.16. The lowest BCUT2D eigenvalue weighted by molar-refractivity contribution is 0.743. The molecule has 0 unspecified atom stereocenters. The summed E-state index contributed by atoms with van der Waals surface area (Å²) in [4.78, 5) is 0. The van der Waals surface area contributed by atoms with E-state index in [9.17, 15) is 0 Å². The third-order valence-corrected chi connectivity index (χ3v) is 3.04. The van der Waals surface area contributed by atoms with Crippen molar-refractivity contribution in [1.29, 1.82) is 0 Å². The maximum Gasteiger partial charge on any atom is 0.0400 e. The second kappa shape index (κ2) is 6.16. The molecule has 84 valence electrons. The minimum Gasteiger partial charge on any atom is -0.385 e. The molecule has 0 aliphatic carbocycles. The molecule has 0 fully saturated rings. The van der Waals surface area contributed by atoms with Crippen molar-refractivity contribution in [2.75, 3.05) is 11.9 Å². The molecule has 0 aliphatic heterocycles. The summed E-state index contributed by atoms with van der Waals surface area (Å²) in [7, 11) is 0. The Bertz CT molecular complexity index is 297. The van der Waals surface area contributed by atoms with E-state index >= 15 is 0 Å². The maximum atomic E-state index is 3.52. The molecule has 0 saturated heterocycles. The van der Waals surface area contributed by atoms with Gasteiger partial charge in [-0.15, -0.1) is 0 Å². The summed E-state index contributed by atoms with van der Waals surface area (Å²) < 4.78 is 1.16. The van der Waals surface area contributed by atoms with Gasteiger partial charge in [0.2, 0.25) is 0 Å². The van der Waals surface area contributed by atoms with Crippen molar-refractivity contribution in [3.8, 4) is 0 Å². The number of halogens is 1. The lowest BCUT2D eigenvalue weighted by atomic mass is 10.1. The van der Waals surface area contributed by atoms with Gasteiger partial charge in [-0.05, 0) is 43.5 Å². The van der Waals surface area contributed by atoms with E-state index < -0.39 is 0 Å². The Morgan fingerprint density at radius 1 is 1.13 bits per heavy atom. The first-order chi connectivity index (χ1) is 7.15. The van der Waals surface area contributed by atoms with Crippen LogP contribution in [-0.2, 0) is 0 Å². The molecule has 1 N–H and O–H groups in total. The molecule has 2 heteroatoms. The summed E-state index contributed by atoms with van der Waals surface area (Å²) >= 11 is 3.51. The van der Waals surface area contributed by atoms with Gasteiger partial charge in [0.1, 0.15) is 0 Å². The van der Waals surface area contributed by atoms with Gasteiger partial charge in [0.05, 0.1) is 0 Å². The normalized spacial score (nSPS) is 10.4. The van der Waals surface area contributed by atoms with Crippen LogP contribution in [0.2, 0.25) is 0 Å². The first-order valence-corrected chi connectivity index (χ1v) is 6.45. The number of aryl methyl sites for hydroxylation is 2. The summed E-state index contributed by atoms with van der Waals surface area (Å²) in [6.07, 6.45) is 3.84. The first kappa shape index (κ1) is 12.6. The van der Waals surface area contributed by atoms with Gasteiger partial charge in [-0.2, -0.15) is 0 Å². The fourth-order valence-electron chi connectivity index (χ4n) is 1.78. The second-order valence-electron chi connectivity index (χ2n) is 4.05. The Morgan fingerprint density at radius 3 is 2.27 bits per heavy atom. The molecule has 0 saturated carbocycles. The quantitative estimate of drug-likeness (QED) is 0.767. The zero-order valence-corrected chi connectivity index (χ0v) is 11.4. The minimum atomic E-state index is 1.08. The van der Waals surface area contributed by atoms with E-state index in [-0.39, 0.29) is 0 Å². The van der Waals surface area contributed by atoms with Crippen LogP contribution < -0.4 is 5.32 Å². The van der Waals surface area contributed by atoms with Crippen molar-refractivity contribution >= 4 is 21.6 Å². The van der Waals surface area contributed by atoms with Gasteiger partial charge in [-0.3, -0.25) is 0 Å². The van der Waals surface area contributed by atoms with E-state index in [2.05, 4.69) is 54.2 Å². The third-order valence-electron chi connectivity index (χ3n) is 2.58. The van der Waals surface area contributed by atoms with Crippen LogP contribution in [-0.4, -0.2) is 6.54 Å². The molecule has 0 atom stereocenters. The fraction of sp³-hybridized carbons (Fsp3) is 0.538. The van der Waals surface area contributed by atoms with E-state index in [1.54, 1.807) is 0 Å². The van der Waals surface area contributed by atoms with Crippen LogP contribution >= 0.6 is 15.9 Å². The maximum absolute atomic E-state index is 3.52.